The Morgan fingerprint density at radius 1 is 1.29 bits per heavy atom. The summed E-state index contributed by atoms with van der Waals surface area (Å²) in [5.74, 6) is 0.545. The Kier molecular flexibility index (Phi) is 3.76. The zero-order chi connectivity index (χ0) is 10.6. The molecule has 0 aliphatic carbocycles. The molecule has 0 aliphatic rings. The Morgan fingerprint density at radius 2 is 2.00 bits per heavy atom. The molecule has 1 aromatic carbocycles. The smallest absolute Gasteiger partial charge is 0.337 e. The van der Waals surface area contributed by atoms with E-state index >= 15 is 0 Å². The number of carbonyl (C=O) groups excluding carboxylic acids is 1. The minimum absolute atomic E-state index is 0.405. The molecule has 0 heterocycles. The molecule has 14 heavy (non-hydrogen) atoms. The molecule has 0 N–H and O–H groups in total. The van der Waals surface area contributed by atoms with Gasteiger partial charge in [-0.15, -0.1) is 0 Å². The molecule has 0 saturated carbocycles. The molecule has 1 rings (SSSR count). The predicted molar refractivity (Wildman–Crippen MR) is 53.9 cm³/mol. The third kappa shape index (κ3) is 2.17. The first-order valence-corrected chi connectivity index (χ1v) is 4.42. The third-order valence-electron chi connectivity index (χ3n) is 1.67. The van der Waals surface area contributed by atoms with Gasteiger partial charge in [-0.2, -0.15) is 0 Å². The fourth-order valence-electron chi connectivity index (χ4n) is 0.982. The van der Waals surface area contributed by atoms with Crippen LogP contribution in [0.1, 0.15) is 10.4 Å². The fraction of sp³-hybridized carbons (Fsp3) is 0.222. The summed E-state index contributed by atoms with van der Waals surface area (Å²) >= 11 is 2.82. The molecule has 0 spiro atoms. The highest BCUT2D eigenvalue weighted by Gasteiger charge is 2.10. The van der Waals surface area contributed by atoms with E-state index in [1.165, 1.54) is 20.3 Å². The fourth-order valence-corrected chi connectivity index (χ4v) is 1.23. The summed E-state index contributed by atoms with van der Waals surface area (Å²) in [5.41, 5.74) is 0.405. The van der Waals surface area contributed by atoms with Gasteiger partial charge in [-0.1, -0.05) is 0 Å². The monoisotopic (exact) mass is 260 g/mol. The van der Waals surface area contributed by atoms with Gasteiger partial charge in [-0.3, -0.25) is 0 Å². The average Bonchev–Trinajstić information content (AvgIpc) is 2.26. The second-order valence-electron chi connectivity index (χ2n) is 2.43. The van der Waals surface area contributed by atoms with E-state index in [0.717, 1.165) is 0 Å². The Labute approximate surface area is 90.2 Å². The molecule has 0 aromatic heterocycles. The van der Waals surface area contributed by atoms with Gasteiger partial charge in [0.2, 0.25) is 0 Å². The van der Waals surface area contributed by atoms with Crippen LogP contribution in [0.2, 0.25) is 0 Å². The molecule has 5 heteroatoms. The number of methoxy groups -OCH3 is 2. The molecule has 1 aromatic rings. The van der Waals surface area contributed by atoms with Crippen molar-refractivity contribution < 1.29 is 18.1 Å². The second kappa shape index (κ2) is 4.85. The number of benzene rings is 1. The van der Waals surface area contributed by atoms with Gasteiger partial charge in [0.25, 0.3) is 0 Å². The molecular weight excluding hydrogens is 252 g/mol. The first kappa shape index (κ1) is 10.8. The van der Waals surface area contributed by atoms with Crippen molar-refractivity contribution in [3.8, 4) is 11.5 Å². The maximum atomic E-state index is 11.1. The topological polar surface area (TPSA) is 44.8 Å². The first-order valence-electron chi connectivity index (χ1n) is 3.78. The summed E-state index contributed by atoms with van der Waals surface area (Å²) in [5, 5.41) is 0. The van der Waals surface area contributed by atoms with E-state index in [0.29, 0.717) is 17.1 Å². The normalized spacial score (nSPS) is 9.36. The second-order valence-corrected chi connectivity index (χ2v) is 2.76. The van der Waals surface area contributed by atoms with E-state index < -0.39 is 5.97 Å². The molecule has 0 radical (unpaired) electrons. The van der Waals surface area contributed by atoms with Crippen LogP contribution in [0.5, 0.6) is 11.5 Å². The van der Waals surface area contributed by atoms with Crippen LogP contribution in [0.4, 0.5) is 0 Å². The van der Waals surface area contributed by atoms with Crippen molar-refractivity contribution in [2.24, 2.45) is 0 Å². The zero-order valence-electron chi connectivity index (χ0n) is 7.74. The molecule has 4 nitrogen and oxygen atoms in total. The molecule has 76 valence electrons. The molecule has 0 amide bonds. The minimum Gasteiger partial charge on any atom is -0.493 e. The highest BCUT2D eigenvalue weighted by atomic mass is 79.9. The summed E-state index contributed by atoms with van der Waals surface area (Å²) in [6.07, 6.45) is 0. The highest BCUT2D eigenvalue weighted by molar-refractivity contribution is 9.06. The molecule has 0 bridgehead atoms. The van der Waals surface area contributed by atoms with Crippen molar-refractivity contribution in [1.82, 2.24) is 0 Å². The Bertz CT molecular complexity index is 338. The lowest BCUT2D eigenvalue weighted by Gasteiger charge is -2.06. The first-order chi connectivity index (χ1) is 6.72. The van der Waals surface area contributed by atoms with Crippen LogP contribution >= 0.6 is 16.3 Å². The number of halogens is 1. The lowest BCUT2D eigenvalue weighted by molar-refractivity contribution is 0.0600. The number of ether oxygens (including phenoxy) is 2. The maximum Gasteiger partial charge on any atom is 0.337 e. The number of hydrogen-bond acceptors (Lipinski definition) is 4. The van der Waals surface area contributed by atoms with Crippen LogP contribution < -0.4 is 8.57 Å². The third-order valence-corrected chi connectivity index (χ3v) is 2.02. The summed E-state index contributed by atoms with van der Waals surface area (Å²) in [6, 6.07) is 4.75. The van der Waals surface area contributed by atoms with Crippen molar-refractivity contribution in [3.63, 3.8) is 0 Å². The average molecular weight is 261 g/mol. The van der Waals surface area contributed by atoms with E-state index in [2.05, 4.69) is 21.0 Å². The summed E-state index contributed by atoms with van der Waals surface area (Å²) in [4.78, 5) is 11.1. The number of rotatable bonds is 3. The minimum atomic E-state index is -0.418. The van der Waals surface area contributed by atoms with E-state index in [4.69, 9.17) is 8.57 Å². The van der Waals surface area contributed by atoms with Crippen molar-refractivity contribution >= 4 is 22.2 Å². The van der Waals surface area contributed by atoms with Gasteiger partial charge in [0.05, 0.1) is 19.8 Å². The van der Waals surface area contributed by atoms with Crippen LogP contribution in [0, 0.1) is 0 Å². The van der Waals surface area contributed by atoms with E-state index in [9.17, 15) is 4.79 Å². The predicted octanol–water partition coefficient (Wildman–Crippen LogP) is 2.17. The van der Waals surface area contributed by atoms with Gasteiger partial charge >= 0.3 is 5.97 Å². The summed E-state index contributed by atoms with van der Waals surface area (Å²) < 4.78 is 14.4. The maximum absolute atomic E-state index is 11.1. The zero-order valence-corrected chi connectivity index (χ0v) is 9.33. The standard InChI is InChI=1S/C9H9BrO4/c1-12-7-4-3-6(9(11)13-2)5-8(7)14-10/h3-5H,1-2H3. The van der Waals surface area contributed by atoms with Gasteiger partial charge < -0.3 is 13.3 Å². The lowest BCUT2D eigenvalue weighted by atomic mass is 10.2. The number of carbonyl (C=O) groups is 1. The number of hydrogen-bond donors (Lipinski definition) is 0. The Balaban J connectivity index is 3.07. The summed E-state index contributed by atoms with van der Waals surface area (Å²) in [6.45, 7) is 0. The molecule has 0 atom stereocenters. The van der Waals surface area contributed by atoms with Crippen LogP contribution in [-0.4, -0.2) is 20.2 Å². The van der Waals surface area contributed by atoms with Crippen LogP contribution in [0.3, 0.4) is 0 Å². The highest BCUT2D eigenvalue weighted by Crippen LogP contribution is 2.29. The van der Waals surface area contributed by atoms with Crippen LogP contribution in [0.15, 0.2) is 18.2 Å². The van der Waals surface area contributed by atoms with Crippen molar-refractivity contribution in [2.45, 2.75) is 0 Å². The van der Waals surface area contributed by atoms with Gasteiger partial charge in [0.1, 0.15) is 0 Å². The Hall–Kier alpha value is -1.23. The van der Waals surface area contributed by atoms with E-state index in [-0.39, 0.29) is 0 Å². The van der Waals surface area contributed by atoms with Crippen molar-refractivity contribution in [2.75, 3.05) is 14.2 Å². The van der Waals surface area contributed by atoms with Gasteiger partial charge in [0.15, 0.2) is 27.8 Å². The SMILES string of the molecule is COC(=O)c1ccc(OC)c(OBr)c1. The Morgan fingerprint density at radius 3 is 2.50 bits per heavy atom. The quantitative estimate of drug-likeness (QED) is 0.782. The van der Waals surface area contributed by atoms with Gasteiger partial charge in [0, 0.05) is 0 Å². The molecule has 0 unspecified atom stereocenters. The van der Waals surface area contributed by atoms with Crippen molar-refractivity contribution in [1.29, 1.82) is 0 Å². The molecule has 0 fully saturated rings. The largest absolute Gasteiger partial charge is 0.493 e. The lowest BCUT2D eigenvalue weighted by Crippen LogP contribution is -2.01. The summed E-state index contributed by atoms with van der Waals surface area (Å²) in [7, 11) is 2.84. The van der Waals surface area contributed by atoms with Crippen molar-refractivity contribution in [3.05, 3.63) is 23.8 Å². The van der Waals surface area contributed by atoms with Gasteiger partial charge in [-0.25, -0.2) is 4.79 Å². The van der Waals surface area contributed by atoms with E-state index in [1.807, 2.05) is 0 Å². The van der Waals surface area contributed by atoms with Crippen LogP contribution in [0.25, 0.3) is 0 Å². The molecule has 0 aliphatic heterocycles. The number of esters is 1. The van der Waals surface area contributed by atoms with Gasteiger partial charge in [-0.05, 0) is 18.2 Å². The van der Waals surface area contributed by atoms with E-state index in [1.54, 1.807) is 12.1 Å². The van der Waals surface area contributed by atoms with Crippen LogP contribution in [-0.2, 0) is 4.74 Å². The molecule has 0 saturated heterocycles. The molecular formula is C9H9BrO4.